The highest BCUT2D eigenvalue weighted by molar-refractivity contribution is 7.92. The van der Waals surface area contributed by atoms with Gasteiger partial charge in [-0.1, -0.05) is 24.3 Å². The van der Waals surface area contributed by atoms with Gasteiger partial charge in [0.15, 0.2) is 6.61 Å². The number of amides is 1. The van der Waals surface area contributed by atoms with Crippen LogP contribution in [0.4, 0.5) is 11.4 Å². The number of hydrogen-bond donors (Lipinski definition) is 1. The van der Waals surface area contributed by atoms with Gasteiger partial charge in [-0.2, -0.15) is 0 Å². The summed E-state index contributed by atoms with van der Waals surface area (Å²) in [6.45, 7) is -0.259. The summed E-state index contributed by atoms with van der Waals surface area (Å²) < 4.78 is 37.4. The van der Waals surface area contributed by atoms with Gasteiger partial charge in [-0.05, 0) is 60.5 Å². The first-order chi connectivity index (χ1) is 16.8. The van der Waals surface area contributed by atoms with Crippen LogP contribution < -0.4 is 9.62 Å². The molecule has 180 valence electrons. The van der Waals surface area contributed by atoms with Crippen LogP contribution in [0.1, 0.15) is 26.3 Å². The SMILES string of the molecule is COC(=O)c1ccc(NC(=O)COC(=O)c2cccc(S(=O)(=O)N3CCc4ccccc43)c2)cc1. The predicted octanol–water partition coefficient (Wildman–Crippen LogP) is 3.02. The maximum absolute atomic E-state index is 13.2. The summed E-state index contributed by atoms with van der Waals surface area (Å²) in [7, 11) is -2.61. The normalized spacial score (nSPS) is 12.5. The van der Waals surface area contributed by atoms with E-state index in [1.807, 2.05) is 12.1 Å². The molecule has 0 saturated carbocycles. The summed E-state index contributed by atoms with van der Waals surface area (Å²) in [4.78, 5) is 36.1. The molecule has 3 aromatic carbocycles. The van der Waals surface area contributed by atoms with E-state index in [0.29, 0.717) is 29.9 Å². The number of carbonyl (C=O) groups is 3. The maximum atomic E-state index is 13.2. The standard InChI is InChI=1S/C25H22N2O7S/c1-33-24(29)18-9-11-20(12-10-18)26-23(28)16-34-25(30)19-6-4-7-21(15-19)35(31,32)27-14-13-17-5-2-3-8-22(17)27/h2-12,15H,13-14,16H2,1H3,(H,26,28). The number of anilines is 2. The van der Waals surface area contributed by atoms with E-state index in [4.69, 9.17) is 4.74 Å². The molecule has 1 N–H and O–H groups in total. The summed E-state index contributed by atoms with van der Waals surface area (Å²) in [5.41, 5.74) is 2.30. The second-order valence-corrected chi connectivity index (χ2v) is 9.54. The molecule has 0 unspecified atom stereocenters. The summed E-state index contributed by atoms with van der Waals surface area (Å²) in [6, 6.07) is 18.8. The van der Waals surface area contributed by atoms with Crippen molar-refractivity contribution in [2.24, 2.45) is 0 Å². The summed E-state index contributed by atoms with van der Waals surface area (Å²) in [5.74, 6) is -1.93. The van der Waals surface area contributed by atoms with Gasteiger partial charge in [0.2, 0.25) is 0 Å². The van der Waals surface area contributed by atoms with Crippen LogP contribution in [0.25, 0.3) is 0 Å². The van der Waals surface area contributed by atoms with E-state index in [1.165, 1.54) is 59.9 Å². The van der Waals surface area contributed by atoms with Gasteiger partial charge in [0, 0.05) is 12.2 Å². The van der Waals surface area contributed by atoms with Gasteiger partial charge in [0.05, 0.1) is 28.8 Å². The number of nitrogens with one attached hydrogen (secondary N) is 1. The fraction of sp³-hybridized carbons (Fsp3) is 0.160. The molecule has 35 heavy (non-hydrogen) atoms. The highest BCUT2D eigenvalue weighted by Crippen LogP contribution is 2.32. The Labute approximate surface area is 202 Å². The Kier molecular flexibility index (Phi) is 6.83. The fourth-order valence-corrected chi connectivity index (χ4v) is 5.24. The Morgan fingerprint density at radius 3 is 2.40 bits per heavy atom. The van der Waals surface area contributed by atoms with E-state index in [9.17, 15) is 22.8 Å². The van der Waals surface area contributed by atoms with Gasteiger partial charge in [-0.15, -0.1) is 0 Å². The molecule has 10 heteroatoms. The van der Waals surface area contributed by atoms with E-state index >= 15 is 0 Å². The van der Waals surface area contributed by atoms with Crippen molar-refractivity contribution < 1.29 is 32.3 Å². The largest absolute Gasteiger partial charge is 0.465 e. The van der Waals surface area contributed by atoms with Gasteiger partial charge in [0.25, 0.3) is 15.9 Å². The first kappa shape index (κ1) is 24.0. The van der Waals surface area contributed by atoms with Crippen molar-refractivity contribution in [3.8, 4) is 0 Å². The molecule has 1 aliphatic heterocycles. The number of esters is 2. The zero-order valence-electron chi connectivity index (χ0n) is 18.8. The lowest BCUT2D eigenvalue weighted by Crippen LogP contribution is -2.29. The number of methoxy groups -OCH3 is 1. The van der Waals surface area contributed by atoms with Crippen LogP contribution >= 0.6 is 0 Å². The van der Waals surface area contributed by atoms with Crippen molar-refractivity contribution in [3.05, 3.63) is 89.5 Å². The molecule has 0 fully saturated rings. The molecule has 1 amide bonds. The van der Waals surface area contributed by atoms with Crippen LogP contribution in [0, 0.1) is 0 Å². The minimum Gasteiger partial charge on any atom is -0.465 e. The number of benzene rings is 3. The average Bonchev–Trinajstić information content (AvgIpc) is 3.32. The molecule has 3 aromatic rings. The first-order valence-electron chi connectivity index (χ1n) is 10.7. The molecule has 4 rings (SSSR count). The topological polar surface area (TPSA) is 119 Å². The lowest BCUT2D eigenvalue weighted by Gasteiger charge is -2.19. The molecule has 0 bridgehead atoms. The van der Waals surface area contributed by atoms with Gasteiger partial charge >= 0.3 is 11.9 Å². The minimum atomic E-state index is -3.88. The molecular formula is C25H22N2O7S. The van der Waals surface area contributed by atoms with Crippen LogP contribution in [0.3, 0.4) is 0 Å². The number of hydrogen-bond acceptors (Lipinski definition) is 7. The molecule has 0 radical (unpaired) electrons. The zero-order chi connectivity index (χ0) is 25.0. The van der Waals surface area contributed by atoms with Crippen molar-refractivity contribution in [2.75, 3.05) is 29.9 Å². The summed E-state index contributed by atoms with van der Waals surface area (Å²) in [6.07, 6.45) is 0.609. The molecule has 1 aliphatic rings. The third-order valence-corrected chi connectivity index (χ3v) is 7.24. The molecule has 0 aliphatic carbocycles. The minimum absolute atomic E-state index is 0.00814. The summed E-state index contributed by atoms with van der Waals surface area (Å²) in [5, 5.41) is 2.54. The number of ether oxygens (including phenoxy) is 2. The quantitative estimate of drug-likeness (QED) is 0.502. The lowest BCUT2D eigenvalue weighted by atomic mass is 10.2. The Balaban J connectivity index is 1.39. The number of para-hydroxylation sites is 1. The first-order valence-corrected chi connectivity index (χ1v) is 12.1. The van der Waals surface area contributed by atoms with E-state index in [2.05, 4.69) is 10.1 Å². The van der Waals surface area contributed by atoms with Crippen LogP contribution in [-0.4, -0.2) is 46.5 Å². The van der Waals surface area contributed by atoms with E-state index in [-0.39, 0.29) is 10.5 Å². The molecule has 0 atom stereocenters. The Bertz CT molecular complexity index is 1380. The van der Waals surface area contributed by atoms with Crippen LogP contribution in [0.5, 0.6) is 0 Å². The van der Waals surface area contributed by atoms with Crippen molar-refractivity contribution in [3.63, 3.8) is 0 Å². The number of fused-ring (bicyclic) bond motifs is 1. The van der Waals surface area contributed by atoms with E-state index < -0.39 is 34.5 Å². The Morgan fingerprint density at radius 1 is 0.914 bits per heavy atom. The zero-order valence-corrected chi connectivity index (χ0v) is 19.6. The third kappa shape index (κ3) is 5.17. The van der Waals surface area contributed by atoms with E-state index in [0.717, 1.165) is 5.56 Å². The second-order valence-electron chi connectivity index (χ2n) is 7.68. The monoisotopic (exact) mass is 494 g/mol. The Hall–Kier alpha value is -4.18. The third-order valence-electron chi connectivity index (χ3n) is 5.43. The van der Waals surface area contributed by atoms with Gasteiger partial charge in [0.1, 0.15) is 0 Å². The molecule has 9 nitrogen and oxygen atoms in total. The molecule has 0 aromatic heterocycles. The van der Waals surface area contributed by atoms with Gasteiger partial charge < -0.3 is 14.8 Å². The van der Waals surface area contributed by atoms with Crippen molar-refractivity contribution in [2.45, 2.75) is 11.3 Å². The molecule has 0 saturated heterocycles. The molecule has 0 spiro atoms. The number of rotatable bonds is 7. The number of sulfonamides is 1. The maximum Gasteiger partial charge on any atom is 0.338 e. The highest BCUT2D eigenvalue weighted by Gasteiger charge is 2.31. The van der Waals surface area contributed by atoms with Crippen LogP contribution in [0.2, 0.25) is 0 Å². The van der Waals surface area contributed by atoms with Gasteiger partial charge in [-0.3, -0.25) is 9.10 Å². The Morgan fingerprint density at radius 2 is 1.66 bits per heavy atom. The van der Waals surface area contributed by atoms with Crippen LogP contribution in [-0.2, 0) is 30.7 Å². The molecular weight excluding hydrogens is 472 g/mol. The van der Waals surface area contributed by atoms with Crippen molar-refractivity contribution in [1.29, 1.82) is 0 Å². The second kappa shape index (κ2) is 9.98. The van der Waals surface area contributed by atoms with Crippen molar-refractivity contribution >= 4 is 39.2 Å². The number of carbonyl (C=O) groups excluding carboxylic acids is 3. The lowest BCUT2D eigenvalue weighted by molar-refractivity contribution is -0.119. The fourth-order valence-electron chi connectivity index (χ4n) is 3.69. The van der Waals surface area contributed by atoms with Crippen molar-refractivity contribution in [1.82, 2.24) is 0 Å². The predicted molar refractivity (Wildman–Crippen MR) is 128 cm³/mol. The van der Waals surface area contributed by atoms with E-state index in [1.54, 1.807) is 12.1 Å². The number of nitrogens with zero attached hydrogens (tertiary/aromatic N) is 1. The van der Waals surface area contributed by atoms with Gasteiger partial charge in [-0.25, -0.2) is 18.0 Å². The summed E-state index contributed by atoms with van der Waals surface area (Å²) >= 11 is 0. The average molecular weight is 495 g/mol. The smallest absolute Gasteiger partial charge is 0.338 e. The molecule has 1 heterocycles. The highest BCUT2D eigenvalue weighted by atomic mass is 32.2. The van der Waals surface area contributed by atoms with Crippen LogP contribution in [0.15, 0.2) is 77.7 Å².